The Kier molecular flexibility index (Phi) is 8.46. The Balaban J connectivity index is 1.38. The third-order valence-corrected chi connectivity index (χ3v) is 7.18. The lowest BCUT2D eigenvalue weighted by molar-refractivity contribution is -0.139. The van der Waals surface area contributed by atoms with Crippen molar-refractivity contribution < 1.29 is 27.2 Å². The number of anilines is 3. The summed E-state index contributed by atoms with van der Waals surface area (Å²) in [6.45, 7) is 0.0364. The van der Waals surface area contributed by atoms with Crippen LogP contribution in [0.1, 0.15) is 65.1 Å². The van der Waals surface area contributed by atoms with Crippen molar-refractivity contribution in [3.63, 3.8) is 0 Å². The van der Waals surface area contributed by atoms with E-state index in [-0.39, 0.29) is 18.2 Å². The number of carbonyl (C=O) groups is 2. The lowest BCUT2D eigenvalue weighted by atomic mass is 9.84. The first-order chi connectivity index (χ1) is 20.2. The molecule has 0 atom stereocenters. The molecule has 218 valence electrons. The predicted octanol–water partition coefficient (Wildman–Crippen LogP) is 6.90. The first kappa shape index (κ1) is 28.7. The summed E-state index contributed by atoms with van der Waals surface area (Å²) in [7, 11) is 0. The molecule has 0 aliphatic heterocycles. The van der Waals surface area contributed by atoms with Gasteiger partial charge in [-0.1, -0.05) is 48.6 Å². The van der Waals surface area contributed by atoms with E-state index in [1.165, 1.54) is 29.7 Å². The SMILES string of the molecule is O=C(Nc1nn[nH]n1)c1ccc(CN(C(=O)Nc2ccc(F)c(C(F)(F)F)c2)c2ccc(C3CCCCC3)cc2)cc1. The molecule has 1 saturated carbocycles. The van der Waals surface area contributed by atoms with Crippen LogP contribution in [0.5, 0.6) is 0 Å². The summed E-state index contributed by atoms with van der Waals surface area (Å²) in [5.74, 6) is -1.44. The molecule has 0 saturated heterocycles. The number of urea groups is 1. The number of benzene rings is 3. The summed E-state index contributed by atoms with van der Waals surface area (Å²) in [4.78, 5) is 27.3. The molecular weight excluding hydrogens is 554 g/mol. The average molecular weight is 582 g/mol. The third kappa shape index (κ3) is 6.90. The number of carbonyl (C=O) groups excluding carboxylic acids is 2. The normalized spacial score (nSPS) is 13.9. The summed E-state index contributed by atoms with van der Waals surface area (Å²) in [6, 6.07) is 15.6. The topological polar surface area (TPSA) is 116 Å². The molecule has 3 N–H and O–H groups in total. The minimum atomic E-state index is -4.92. The number of hydrogen-bond donors (Lipinski definition) is 3. The smallest absolute Gasteiger partial charge is 0.308 e. The van der Waals surface area contributed by atoms with E-state index >= 15 is 0 Å². The molecule has 1 aliphatic rings. The number of tetrazole rings is 1. The van der Waals surface area contributed by atoms with E-state index in [0.717, 1.165) is 18.9 Å². The van der Waals surface area contributed by atoms with Crippen molar-refractivity contribution in [2.75, 3.05) is 15.5 Å². The number of alkyl halides is 3. The minimum Gasteiger partial charge on any atom is -0.308 e. The fraction of sp³-hybridized carbons (Fsp3) is 0.276. The molecule has 3 amide bonds. The molecule has 4 aromatic rings. The van der Waals surface area contributed by atoms with Gasteiger partial charge in [-0.15, -0.1) is 5.10 Å². The Morgan fingerprint density at radius 3 is 2.29 bits per heavy atom. The molecule has 5 rings (SSSR count). The number of hydrogen-bond acceptors (Lipinski definition) is 5. The van der Waals surface area contributed by atoms with Crippen molar-refractivity contribution in [2.24, 2.45) is 0 Å². The van der Waals surface area contributed by atoms with Gasteiger partial charge in [0.05, 0.1) is 12.1 Å². The van der Waals surface area contributed by atoms with E-state index in [4.69, 9.17) is 0 Å². The van der Waals surface area contributed by atoms with Gasteiger partial charge in [-0.2, -0.15) is 18.4 Å². The van der Waals surface area contributed by atoms with Gasteiger partial charge in [0.25, 0.3) is 11.9 Å². The van der Waals surface area contributed by atoms with Gasteiger partial charge in [0.15, 0.2) is 0 Å². The Morgan fingerprint density at radius 2 is 1.64 bits per heavy atom. The van der Waals surface area contributed by atoms with Crippen LogP contribution in [0.4, 0.5) is 39.7 Å². The molecule has 1 aromatic heterocycles. The molecule has 0 radical (unpaired) electrons. The number of nitrogens with zero attached hydrogens (tertiary/aromatic N) is 4. The lowest BCUT2D eigenvalue weighted by Crippen LogP contribution is -2.34. The maximum absolute atomic E-state index is 13.8. The van der Waals surface area contributed by atoms with Gasteiger partial charge in [-0.25, -0.2) is 9.18 Å². The number of H-pyrrole nitrogens is 1. The van der Waals surface area contributed by atoms with Gasteiger partial charge < -0.3 is 5.32 Å². The van der Waals surface area contributed by atoms with Crippen LogP contribution >= 0.6 is 0 Å². The van der Waals surface area contributed by atoms with E-state index in [2.05, 4.69) is 31.3 Å². The van der Waals surface area contributed by atoms with E-state index < -0.39 is 29.5 Å². The molecule has 0 unspecified atom stereocenters. The van der Waals surface area contributed by atoms with Crippen LogP contribution in [0.3, 0.4) is 0 Å². The standard InChI is InChI=1S/C29H27F4N7O2/c30-25-15-12-22(16-24(25)29(31,32)33)34-28(42)40(23-13-10-20(11-14-23)19-4-2-1-3-5-19)17-18-6-8-21(9-7-18)26(41)35-27-36-38-39-37-27/h6-16,19H,1-5,17H2,(H,34,42)(H2,35,36,37,38,39,41). The highest BCUT2D eigenvalue weighted by molar-refractivity contribution is 6.03. The van der Waals surface area contributed by atoms with Gasteiger partial charge in [-0.3, -0.25) is 15.0 Å². The molecule has 1 fully saturated rings. The number of aromatic nitrogens is 4. The van der Waals surface area contributed by atoms with Crippen molar-refractivity contribution in [1.82, 2.24) is 20.6 Å². The van der Waals surface area contributed by atoms with Crippen molar-refractivity contribution in [1.29, 1.82) is 0 Å². The Morgan fingerprint density at radius 1 is 0.929 bits per heavy atom. The zero-order chi connectivity index (χ0) is 29.7. The third-order valence-electron chi connectivity index (χ3n) is 7.18. The molecule has 0 bridgehead atoms. The van der Waals surface area contributed by atoms with Gasteiger partial charge in [0.1, 0.15) is 5.82 Å². The van der Waals surface area contributed by atoms with Crippen molar-refractivity contribution in [2.45, 2.75) is 50.7 Å². The maximum Gasteiger partial charge on any atom is 0.419 e. The van der Waals surface area contributed by atoms with Crippen molar-refractivity contribution in [3.05, 3.63) is 94.8 Å². The van der Waals surface area contributed by atoms with Crippen LogP contribution in [-0.2, 0) is 12.7 Å². The number of aromatic amines is 1. The number of rotatable bonds is 7. The fourth-order valence-electron chi connectivity index (χ4n) is 4.99. The van der Waals surface area contributed by atoms with Crippen molar-refractivity contribution in [3.8, 4) is 0 Å². The van der Waals surface area contributed by atoms with Gasteiger partial charge in [-0.05, 0) is 77.6 Å². The van der Waals surface area contributed by atoms with Gasteiger partial charge in [0, 0.05) is 16.9 Å². The van der Waals surface area contributed by atoms with Gasteiger partial charge in [0.2, 0.25) is 0 Å². The summed E-state index contributed by atoms with van der Waals surface area (Å²) in [5.41, 5.74) is 0.966. The molecule has 9 nitrogen and oxygen atoms in total. The van der Waals surface area contributed by atoms with Crippen LogP contribution < -0.4 is 15.5 Å². The Bertz CT molecular complexity index is 1520. The molecule has 1 heterocycles. The monoisotopic (exact) mass is 581 g/mol. The quantitative estimate of drug-likeness (QED) is 0.206. The Hall–Kier alpha value is -4.81. The molecule has 3 aromatic carbocycles. The first-order valence-corrected chi connectivity index (χ1v) is 13.4. The summed E-state index contributed by atoms with van der Waals surface area (Å²) in [6.07, 6.45) is 0.838. The molecule has 42 heavy (non-hydrogen) atoms. The highest BCUT2D eigenvalue weighted by Gasteiger charge is 2.34. The number of halogens is 4. The van der Waals surface area contributed by atoms with Crippen LogP contribution in [0.25, 0.3) is 0 Å². The second-order valence-electron chi connectivity index (χ2n) is 10.0. The largest absolute Gasteiger partial charge is 0.419 e. The fourth-order valence-corrected chi connectivity index (χ4v) is 4.99. The van der Waals surface area contributed by atoms with E-state index in [0.29, 0.717) is 34.9 Å². The van der Waals surface area contributed by atoms with Crippen molar-refractivity contribution >= 4 is 29.3 Å². The minimum absolute atomic E-state index is 0.0121. The molecule has 1 aliphatic carbocycles. The second kappa shape index (κ2) is 12.4. The highest BCUT2D eigenvalue weighted by atomic mass is 19.4. The number of amides is 3. The zero-order valence-electron chi connectivity index (χ0n) is 22.3. The number of nitrogens with one attached hydrogen (secondary N) is 3. The second-order valence-corrected chi connectivity index (χ2v) is 10.0. The van der Waals surface area contributed by atoms with E-state index in [1.54, 1.807) is 24.3 Å². The lowest BCUT2D eigenvalue weighted by Gasteiger charge is -2.26. The highest BCUT2D eigenvalue weighted by Crippen LogP contribution is 2.35. The summed E-state index contributed by atoms with van der Waals surface area (Å²) >= 11 is 0. The first-order valence-electron chi connectivity index (χ1n) is 13.4. The van der Waals surface area contributed by atoms with Crippen LogP contribution in [0.2, 0.25) is 0 Å². The van der Waals surface area contributed by atoms with E-state index in [9.17, 15) is 27.2 Å². The summed E-state index contributed by atoms with van der Waals surface area (Å²) in [5, 5.41) is 17.9. The molecule has 13 heteroatoms. The predicted molar refractivity (Wildman–Crippen MR) is 147 cm³/mol. The van der Waals surface area contributed by atoms with Crippen LogP contribution in [0, 0.1) is 5.82 Å². The van der Waals surface area contributed by atoms with Crippen LogP contribution in [0.15, 0.2) is 66.7 Å². The summed E-state index contributed by atoms with van der Waals surface area (Å²) < 4.78 is 53.6. The maximum atomic E-state index is 13.8. The van der Waals surface area contributed by atoms with Crippen LogP contribution in [-0.4, -0.2) is 32.6 Å². The molecular formula is C29H27F4N7O2. The van der Waals surface area contributed by atoms with Gasteiger partial charge >= 0.3 is 12.2 Å². The average Bonchev–Trinajstić information content (AvgIpc) is 3.50. The Labute approximate surface area is 238 Å². The van der Waals surface area contributed by atoms with E-state index in [1.807, 2.05) is 24.3 Å². The molecule has 0 spiro atoms. The zero-order valence-corrected chi connectivity index (χ0v) is 22.3.